The number of aromatic nitrogens is 6. The number of nitrogens with one attached hydrogen (secondary N) is 2. The normalized spacial score (nSPS) is 12.5. The van der Waals surface area contributed by atoms with Crippen molar-refractivity contribution >= 4 is 55.3 Å². The molecule has 64 heavy (non-hydrogen) atoms. The Bertz CT molecular complexity index is 3080. The van der Waals surface area contributed by atoms with Crippen molar-refractivity contribution in [1.82, 2.24) is 28.9 Å². The van der Waals surface area contributed by atoms with Gasteiger partial charge in [-0.05, 0) is 86.8 Å². The monoisotopic (exact) mass is 1020 g/mol. The minimum Gasteiger partial charge on any atom is -0.453 e. The molecule has 5 heterocycles. The molecule has 0 bridgehead atoms. The van der Waals surface area contributed by atoms with E-state index in [0.29, 0.717) is 11.7 Å². The van der Waals surface area contributed by atoms with Crippen LogP contribution in [0.2, 0.25) is 0 Å². The Labute approximate surface area is 391 Å². The average molecular weight is 1020 g/mol. The largest absolute Gasteiger partial charge is 2.00 e. The van der Waals surface area contributed by atoms with Gasteiger partial charge in [0.15, 0.2) is 0 Å². The molecular formula is C55H56N8Pt. The zero-order valence-electron chi connectivity index (χ0n) is 38.0. The number of benzene rings is 4. The smallest absolute Gasteiger partial charge is 0.453 e. The maximum Gasteiger partial charge on any atom is 2.00 e. The van der Waals surface area contributed by atoms with Gasteiger partial charge in [0.25, 0.3) is 0 Å². The molecule has 0 atom stereocenters. The van der Waals surface area contributed by atoms with Crippen molar-refractivity contribution in [2.45, 2.75) is 86.5 Å². The van der Waals surface area contributed by atoms with Crippen molar-refractivity contribution in [1.29, 1.82) is 5.41 Å². The van der Waals surface area contributed by atoms with Gasteiger partial charge in [-0.25, -0.2) is 5.10 Å². The Morgan fingerprint density at radius 2 is 1.09 bits per heavy atom. The fourth-order valence-electron chi connectivity index (χ4n) is 8.53. The summed E-state index contributed by atoms with van der Waals surface area (Å²) in [5.41, 5.74) is 8.09. The van der Waals surface area contributed by atoms with Gasteiger partial charge in [-0.1, -0.05) is 144 Å². The molecule has 0 saturated heterocycles. The molecule has 0 spiro atoms. The van der Waals surface area contributed by atoms with E-state index in [-0.39, 0.29) is 31.9 Å². The van der Waals surface area contributed by atoms with Crippen LogP contribution >= 0.6 is 0 Å². The fourth-order valence-corrected chi connectivity index (χ4v) is 8.53. The summed E-state index contributed by atoms with van der Waals surface area (Å²) in [5.74, 6) is 2.49. The fraction of sp³-hybridized carbons (Fsp3) is 0.273. The number of aryl methyl sites for hydroxylation is 2. The van der Waals surface area contributed by atoms with E-state index in [2.05, 4.69) is 175 Å². The molecule has 326 valence electrons. The van der Waals surface area contributed by atoms with E-state index in [9.17, 15) is 0 Å². The Hall–Kier alpha value is -6.11. The first-order valence-electron chi connectivity index (χ1n) is 22.0. The van der Waals surface area contributed by atoms with Gasteiger partial charge in [0.1, 0.15) is 0 Å². The van der Waals surface area contributed by atoms with Gasteiger partial charge < -0.3 is 24.5 Å². The zero-order chi connectivity index (χ0) is 44.1. The number of nitrogens with zero attached hydrogens (tertiary/aromatic N) is 6. The van der Waals surface area contributed by atoms with Gasteiger partial charge in [0.2, 0.25) is 0 Å². The second kappa shape index (κ2) is 17.5. The van der Waals surface area contributed by atoms with Gasteiger partial charge in [0, 0.05) is 72.1 Å². The molecule has 0 fully saturated rings. The van der Waals surface area contributed by atoms with Crippen LogP contribution in [0.3, 0.4) is 0 Å². The van der Waals surface area contributed by atoms with Crippen LogP contribution in [0.4, 0.5) is 5.82 Å². The molecule has 9 heteroatoms. The number of rotatable bonds is 11. The molecule has 8 nitrogen and oxygen atoms in total. The molecule has 0 aliphatic carbocycles. The molecular weight excluding hydrogens is 968 g/mol. The zero-order valence-corrected chi connectivity index (χ0v) is 40.3. The van der Waals surface area contributed by atoms with Gasteiger partial charge in [-0.2, -0.15) is 0 Å². The summed E-state index contributed by atoms with van der Waals surface area (Å²) in [7, 11) is 0. The number of hydrogen-bond donors (Lipinski definition) is 2. The van der Waals surface area contributed by atoms with E-state index in [1.807, 2.05) is 34.9 Å². The van der Waals surface area contributed by atoms with E-state index >= 15 is 0 Å². The molecule has 0 amide bonds. The number of hydrogen-bond acceptors (Lipinski definition) is 5. The number of pyridine rings is 2. The summed E-state index contributed by atoms with van der Waals surface area (Å²) in [5, 5.41) is 22.3. The van der Waals surface area contributed by atoms with Crippen LogP contribution in [0.25, 0.3) is 55.2 Å². The topological polar surface area (TPSA) is 89.3 Å². The van der Waals surface area contributed by atoms with Crippen molar-refractivity contribution in [2.75, 3.05) is 5.32 Å². The maximum absolute atomic E-state index is 9.17. The summed E-state index contributed by atoms with van der Waals surface area (Å²) in [6, 6.07) is 44.2. The van der Waals surface area contributed by atoms with Gasteiger partial charge in [0.05, 0.1) is 11.6 Å². The van der Waals surface area contributed by atoms with Crippen LogP contribution in [0.5, 0.6) is 0 Å². The summed E-state index contributed by atoms with van der Waals surface area (Å²) in [6.07, 6.45) is 12.2. The van der Waals surface area contributed by atoms with E-state index in [4.69, 9.17) is 20.5 Å². The molecule has 2 N–H and O–H groups in total. The maximum atomic E-state index is 9.17. The third-order valence-corrected chi connectivity index (χ3v) is 12.1. The van der Waals surface area contributed by atoms with Crippen LogP contribution in [-0.2, 0) is 39.3 Å². The van der Waals surface area contributed by atoms with Gasteiger partial charge in [-0.3, -0.25) is 9.97 Å². The molecule has 0 saturated carbocycles. The van der Waals surface area contributed by atoms with Gasteiger partial charge >= 0.3 is 21.1 Å². The number of anilines is 1. The van der Waals surface area contributed by atoms with Crippen molar-refractivity contribution in [3.63, 3.8) is 0 Å². The molecule has 0 radical (unpaired) electrons. The van der Waals surface area contributed by atoms with Gasteiger partial charge in [-0.15, -0.1) is 18.3 Å². The second-order valence-electron chi connectivity index (χ2n) is 19.8. The first-order chi connectivity index (χ1) is 30.1. The van der Waals surface area contributed by atoms with Crippen molar-refractivity contribution < 1.29 is 21.1 Å². The number of para-hydroxylation sites is 4. The minimum atomic E-state index is -0.594. The molecule has 5 aromatic heterocycles. The Kier molecular flexibility index (Phi) is 12.1. The first kappa shape index (κ1) is 44.5. The summed E-state index contributed by atoms with van der Waals surface area (Å²) >= 11 is 0. The average Bonchev–Trinajstić information content (AvgIpc) is 3.97. The molecule has 0 aliphatic heterocycles. The third-order valence-electron chi connectivity index (χ3n) is 12.1. The number of allylic oxidation sites excluding steroid dienone is 1. The molecule has 0 aliphatic rings. The Morgan fingerprint density at radius 1 is 0.625 bits per heavy atom. The van der Waals surface area contributed by atoms with Crippen LogP contribution in [0.15, 0.2) is 133 Å². The SMILES string of the molecule is CC(C)(C)CCc1cc(N[C-]=CC(=N)n2c3ccccc3c3ccccc32)nc(C(C)(C)c2cc(CCC(C)(C)C)cc(-n3[c-]cc(-n4c5ccccc5c5ccccc54)n3)n2)c1.[Pt+2]. The van der Waals surface area contributed by atoms with E-state index in [0.717, 1.165) is 81.5 Å². The summed E-state index contributed by atoms with van der Waals surface area (Å²) in [4.78, 5) is 10.6. The summed E-state index contributed by atoms with van der Waals surface area (Å²) in [6.45, 7) is 18.1. The van der Waals surface area contributed by atoms with Crippen molar-refractivity contribution in [3.8, 4) is 11.6 Å². The van der Waals surface area contributed by atoms with E-state index < -0.39 is 5.41 Å². The second-order valence-corrected chi connectivity index (χ2v) is 19.8. The number of fused-ring (bicyclic) bond motifs is 6. The standard InChI is InChI=1S/C55H56N8.Pt/c1-53(2,3)29-25-37-33-47(58-50(35-37)57-31-27-49(56)62-43-21-13-9-17-39(43)40-18-10-14-22-44(40)62)55(7,8)48-34-38(26-30-54(4,5)6)36-52(59-48)61-32-28-51(60-61)63-45-23-15-11-19-41(45)42-20-12-16-24-46(42)63;/h9-24,27-28,33-36,56H,25-26,29-30H2,1-8H3,(H,57,58);/q-2;+2. The van der Waals surface area contributed by atoms with E-state index in [1.165, 1.54) is 21.9 Å². The van der Waals surface area contributed by atoms with Crippen LogP contribution in [-0.4, -0.2) is 34.7 Å². The quantitative estimate of drug-likeness (QED) is 0.0585. The van der Waals surface area contributed by atoms with Crippen molar-refractivity contribution in [3.05, 3.63) is 168 Å². The first-order valence-corrected chi connectivity index (χ1v) is 22.0. The predicted octanol–water partition coefficient (Wildman–Crippen LogP) is 13.2. The Balaban J connectivity index is 0.00000560. The molecule has 4 aromatic carbocycles. The Morgan fingerprint density at radius 3 is 1.62 bits per heavy atom. The predicted molar refractivity (Wildman–Crippen MR) is 260 cm³/mol. The van der Waals surface area contributed by atoms with Crippen LogP contribution in [0.1, 0.15) is 90.7 Å². The third kappa shape index (κ3) is 8.99. The van der Waals surface area contributed by atoms with Crippen LogP contribution in [0, 0.1) is 28.6 Å². The molecule has 9 rings (SSSR count). The van der Waals surface area contributed by atoms with E-state index in [1.54, 1.807) is 10.8 Å². The minimum absolute atomic E-state index is 0. The van der Waals surface area contributed by atoms with Crippen LogP contribution < -0.4 is 5.32 Å². The summed E-state index contributed by atoms with van der Waals surface area (Å²) < 4.78 is 5.98. The van der Waals surface area contributed by atoms with Crippen molar-refractivity contribution in [2.24, 2.45) is 10.8 Å². The molecule has 0 unspecified atom stereocenters. The molecule has 9 aromatic rings.